The number of hydrogen-bond donors (Lipinski definition) is 1. The van der Waals surface area contributed by atoms with Crippen LogP contribution in [0.25, 0.3) is 0 Å². The number of rotatable bonds is 1. The molecule has 1 fully saturated rings. The van der Waals surface area contributed by atoms with Crippen molar-refractivity contribution in [1.82, 2.24) is 5.32 Å². The molecule has 2 aliphatic rings. The fourth-order valence-electron chi connectivity index (χ4n) is 2.30. The van der Waals surface area contributed by atoms with E-state index in [9.17, 15) is 8.42 Å². The van der Waals surface area contributed by atoms with Gasteiger partial charge in [0, 0.05) is 13.1 Å². The van der Waals surface area contributed by atoms with Crippen LogP contribution in [0.4, 0.5) is 0 Å². The van der Waals surface area contributed by atoms with Gasteiger partial charge in [0.05, 0.1) is 11.0 Å². The lowest BCUT2D eigenvalue weighted by molar-refractivity contribution is 0.171. The molecule has 0 saturated carbocycles. The first-order chi connectivity index (χ1) is 8.67. The number of hydrogen-bond acceptors (Lipinski definition) is 5. The maximum atomic E-state index is 12.0. The molecular weight excluding hydrogens is 254 g/mol. The van der Waals surface area contributed by atoms with Crippen molar-refractivity contribution < 1.29 is 17.9 Å². The number of benzene rings is 1. The normalized spacial score (nSPS) is 25.7. The highest BCUT2D eigenvalue weighted by Crippen LogP contribution is 2.35. The van der Waals surface area contributed by atoms with Gasteiger partial charge in [-0.05, 0) is 17.7 Å². The van der Waals surface area contributed by atoms with Gasteiger partial charge in [-0.3, -0.25) is 0 Å². The molecule has 0 bridgehead atoms. The monoisotopic (exact) mass is 269 g/mol. The molecule has 1 aromatic carbocycles. The molecule has 2 aliphatic heterocycles. The average molecular weight is 269 g/mol. The summed E-state index contributed by atoms with van der Waals surface area (Å²) < 4.78 is 35.0. The zero-order chi connectivity index (χ0) is 12.6. The number of ether oxygens (including phenoxy) is 2. The van der Waals surface area contributed by atoms with E-state index in [4.69, 9.17) is 9.47 Å². The molecule has 1 atom stereocenters. The zero-order valence-electron chi connectivity index (χ0n) is 9.89. The lowest BCUT2D eigenvalue weighted by Crippen LogP contribution is -2.38. The summed E-state index contributed by atoms with van der Waals surface area (Å²) >= 11 is 0. The number of nitrogens with one attached hydrogen (secondary N) is 1. The third-order valence-corrected chi connectivity index (χ3v) is 5.34. The molecule has 5 nitrogen and oxygen atoms in total. The maximum absolute atomic E-state index is 12.0. The van der Waals surface area contributed by atoms with Gasteiger partial charge in [-0.25, -0.2) is 8.42 Å². The van der Waals surface area contributed by atoms with Crippen LogP contribution in [0.3, 0.4) is 0 Å². The molecule has 3 rings (SSSR count). The Hall–Kier alpha value is -1.27. The van der Waals surface area contributed by atoms with Crippen molar-refractivity contribution in [2.45, 2.75) is 5.25 Å². The van der Waals surface area contributed by atoms with E-state index in [1.165, 1.54) is 0 Å². The summed E-state index contributed by atoms with van der Waals surface area (Å²) in [5.41, 5.74) is 0.770. The van der Waals surface area contributed by atoms with E-state index in [0.29, 0.717) is 37.8 Å². The van der Waals surface area contributed by atoms with Gasteiger partial charge in [0.2, 0.25) is 0 Å². The second-order valence-corrected chi connectivity index (χ2v) is 6.77. The molecule has 98 valence electrons. The molecule has 1 aromatic rings. The first kappa shape index (κ1) is 11.8. The minimum Gasteiger partial charge on any atom is -0.486 e. The van der Waals surface area contributed by atoms with Crippen molar-refractivity contribution in [3.63, 3.8) is 0 Å². The predicted octanol–water partition coefficient (Wildman–Crippen LogP) is 0.517. The molecule has 1 unspecified atom stereocenters. The lowest BCUT2D eigenvalue weighted by Gasteiger charge is -2.25. The Kier molecular flexibility index (Phi) is 2.91. The van der Waals surface area contributed by atoms with Crippen LogP contribution in [-0.2, 0) is 9.84 Å². The summed E-state index contributed by atoms with van der Waals surface area (Å²) in [6.07, 6.45) is 0. The van der Waals surface area contributed by atoms with Gasteiger partial charge in [-0.1, -0.05) is 6.07 Å². The lowest BCUT2D eigenvalue weighted by atomic mass is 10.1. The van der Waals surface area contributed by atoms with Crippen LogP contribution in [0.2, 0.25) is 0 Å². The van der Waals surface area contributed by atoms with Gasteiger partial charge in [0.1, 0.15) is 13.2 Å². The van der Waals surface area contributed by atoms with Gasteiger partial charge in [-0.15, -0.1) is 0 Å². The summed E-state index contributed by atoms with van der Waals surface area (Å²) in [5, 5.41) is 2.63. The molecule has 2 heterocycles. The fraction of sp³-hybridized carbons (Fsp3) is 0.500. The van der Waals surface area contributed by atoms with Crippen LogP contribution in [0, 0.1) is 0 Å². The molecular formula is C12H15NO4S. The summed E-state index contributed by atoms with van der Waals surface area (Å²) in [7, 11) is -3.06. The Morgan fingerprint density at radius 2 is 1.94 bits per heavy atom. The maximum Gasteiger partial charge on any atom is 0.161 e. The topological polar surface area (TPSA) is 64.6 Å². The van der Waals surface area contributed by atoms with Crippen LogP contribution in [-0.4, -0.2) is 40.5 Å². The molecule has 18 heavy (non-hydrogen) atoms. The average Bonchev–Trinajstić information content (AvgIpc) is 2.38. The second-order valence-electron chi connectivity index (χ2n) is 4.46. The first-order valence-electron chi connectivity index (χ1n) is 5.99. The minimum atomic E-state index is -3.06. The standard InChI is InChI=1S/C12H15NO4S/c14-18(15)6-3-13-8-12(18)9-1-2-10-11(7-9)17-5-4-16-10/h1-2,7,12-13H,3-6,8H2. The first-order valence-corrected chi connectivity index (χ1v) is 7.70. The highest BCUT2D eigenvalue weighted by atomic mass is 32.2. The fourth-order valence-corrected chi connectivity index (χ4v) is 3.95. The molecule has 0 amide bonds. The van der Waals surface area contributed by atoms with Gasteiger partial charge in [0.15, 0.2) is 21.3 Å². The minimum absolute atomic E-state index is 0.187. The molecule has 0 aliphatic carbocycles. The highest BCUT2D eigenvalue weighted by Gasteiger charge is 2.31. The van der Waals surface area contributed by atoms with Crippen molar-refractivity contribution in [3.05, 3.63) is 23.8 Å². The van der Waals surface area contributed by atoms with E-state index in [1.54, 1.807) is 12.1 Å². The predicted molar refractivity (Wildman–Crippen MR) is 66.8 cm³/mol. The highest BCUT2D eigenvalue weighted by molar-refractivity contribution is 7.91. The van der Waals surface area contributed by atoms with Crippen LogP contribution >= 0.6 is 0 Å². The zero-order valence-corrected chi connectivity index (χ0v) is 10.7. The van der Waals surface area contributed by atoms with Gasteiger partial charge < -0.3 is 14.8 Å². The molecule has 0 aromatic heterocycles. The largest absolute Gasteiger partial charge is 0.486 e. The van der Waals surface area contributed by atoms with Gasteiger partial charge in [0.25, 0.3) is 0 Å². The summed E-state index contributed by atoms with van der Waals surface area (Å²) in [6.45, 7) is 2.03. The van der Waals surface area contributed by atoms with Crippen LogP contribution in [0.1, 0.15) is 10.8 Å². The van der Waals surface area contributed by atoms with Crippen LogP contribution in [0.5, 0.6) is 11.5 Å². The molecule has 0 radical (unpaired) electrons. The summed E-state index contributed by atoms with van der Waals surface area (Å²) in [4.78, 5) is 0. The summed E-state index contributed by atoms with van der Waals surface area (Å²) in [5.74, 6) is 1.51. The van der Waals surface area contributed by atoms with E-state index in [2.05, 4.69) is 5.32 Å². The number of sulfone groups is 1. The van der Waals surface area contributed by atoms with Crippen LogP contribution in [0.15, 0.2) is 18.2 Å². The molecule has 6 heteroatoms. The van der Waals surface area contributed by atoms with Gasteiger partial charge in [-0.2, -0.15) is 0 Å². The van der Waals surface area contributed by atoms with E-state index in [-0.39, 0.29) is 5.75 Å². The Morgan fingerprint density at radius 1 is 1.17 bits per heavy atom. The Labute approximate surface area is 106 Å². The Morgan fingerprint density at radius 3 is 2.72 bits per heavy atom. The van der Waals surface area contributed by atoms with Crippen LogP contribution < -0.4 is 14.8 Å². The van der Waals surface area contributed by atoms with Gasteiger partial charge >= 0.3 is 0 Å². The second kappa shape index (κ2) is 4.44. The summed E-state index contributed by atoms with van der Waals surface area (Å²) in [6, 6.07) is 5.38. The third-order valence-electron chi connectivity index (χ3n) is 3.26. The van der Waals surface area contributed by atoms with Crippen molar-refractivity contribution in [3.8, 4) is 11.5 Å². The van der Waals surface area contributed by atoms with E-state index in [1.807, 2.05) is 6.07 Å². The van der Waals surface area contributed by atoms with Crippen molar-refractivity contribution >= 4 is 9.84 Å². The SMILES string of the molecule is O=S1(=O)CCNCC1c1ccc2c(c1)OCCO2. The Bertz CT molecular complexity index is 555. The van der Waals surface area contributed by atoms with E-state index < -0.39 is 15.1 Å². The molecule has 1 N–H and O–H groups in total. The van der Waals surface area contributed by atoms with E-state index in [0.717, 1.165) is 5.56 Å². The quantitative estimate of drug-likeness (QED) is 0.805. The van der Waals surface area contributed by atoms with Crippen molar-refractivity contribution in [1.29, 1.82) is 0 Å². The van der Waals surface area contributed by atoms with E-state index >= 15 is 0 Å². The third kappa shape index (κ3) is 2.06. The smallest absolute Gasteiger partial charge is 0.161 e. The molecule has 0 spiro atoms. The Balaban J connectivity index is 1.96. The van der Waals surface area contributed by atoms with Crippen molar-refractivity contribution in [2.24, 2.45) is 0 Å². The molecule has 1 saturated heterocycles. The van der Waals surface area contributed by atoms with Crippen molar-refractivity contribution in [2.75, 3.05) is 32.1 Å². The number of fused-ring (bicyclic) bond motifs is 1.